The van der Waals surface area contributed by atoms with Crippen molar-refractivity contribution < 1.29 is 18.8 Å². The average molecular weight is 287 g/mol. The molecule has 16 heavy (non-hydrogen) atoms. The first kappa shape index (κ1) is 10.0. The lowest BCUT2D eigenvalue weighted by Gasteiger charge is -2.32. The van der Waals surface area contributed by atoms with E-state index < -0.39 is 5.60 Å². The molecule has 0 unspecified atom stereocenters. The summed E-state index contributed by atoms with van der Waals surface area (Å²) < 4.78 is 15.7. The van der Waals surface area contributed by atoms with E-state index in [4.69, 9.17) is 13.7 Å². The zero-order chi connectivity index (χ0) is 11.2. The number of hydrogen-bond donors (Lipinski definition) is 1. The molecule has 0 saturated carbocycles. The van der Waals surface area contributed by atoms with Gasteiger partial charge in [-0.05, 0) is 28.1 Å². The Morgan fingerprint density at radius 3 is 2.75 bits per heavy atom. The van der Waals surface area contributed by atoms with E-state index in [0.29, 0.717) is 16.3 Å². The molecule has 0 bridgehead atoms. The normalized spacial score (nSPS) is 18.4. The molecule has 84 valence electrons. The molecule has 1 aliphatic rings. The Morgan fingerprint density at radius 2 is 2.19 bits per heavy atom. The first-order valence-electron chi connectivity index (χ1n) is 4.57. The quantitative estimate of drug-likeness (QED) is 0.896. The van der Waals surface area contributed by atoms with Crippen LogP contribution in [0.15, 0.2) is 25.7 Å². The number of aliphatic hydroxyl groups is 1. The molecule has 1 fully saturated rings. The van der Waals surface area contributed by atoms with E-state index in [9.17, 15) is 5.11 Å². The van der Waals surface area contributed by atoms with Crippen molar-refractivity contribution in [2.45, 2.75) is 5.60 Å². The summed E-state index contributed by atoms with van der Waals surface area (Å²) >= 11 is 3.18. The van der Waals surface area contributed by atoms with Crippen LogP contribution in [-0.4, -0.2) is 28.5 Å². The van der Waals surface area contributed by atoms with Crippen molar-refractivity contribution in [3.63, 3.8) is 0 Å². The fourth-order valence-electron chi connectivity index (χ4n) is 1.37. The van der Waals surface area contributed by atoms with Crippen LogP contribution in [0.5, 0.6) is 0 Å². The van der Waals surface area contributed by atoms with E-state index in [1.165, 1.54) is 0 Å². The fourth-order valence-corrected chi connectivity index (χ4v) is 1.67. The van der Waals surface area contributed by atoms with Crippen LogP contribution in [0.2, 0.25) is 0 Å². The second kappa shape index (κ2) is 3.41. The molecular formula is C9H7BrN2O4. The monoisotopic (exact) mass is 286 g/mol. The highest BCUT2D eigenvalue weighted by atomic mass is 79.9. The van der Waals surface area contributed by atoms with Gasteiger partial charge in [-0.25, -0.2) is 0 Å². The first-order chi connectivity index (χ1) is 7.67. The van der Waals surface area contributed by atoms with Crippen molar-refractivity contribution >= 4 is 15.9 Å². The molecule has 0 spiro atoms. The van der Waals surface area contributed by atoms with E-state index in [1.807, 2.05) is 0 Å². The molecule has 0 atom stereocenters. The van der Waals surface area contributed by atoms with Gasteiger partial charge in [-0.3, -0.25) is 0 Å². The number of aromatic nitrogens is 2. The van der Waals surface area contributed by atoms with Crippen molar-refractivity contribution in [1.29, 1.82) is 0 Å². The number of halogens is 1. The molecule has 1 aliphatic heterocycles. The minimum Gasteiger partial charge on any atom is -0.446 e. The highest BCUT2D eigenvalue weighted by Gasteiger charge is 2.43. The Morgan fingerprint density at radius 1 is 1.38 bits per heavy atom. The lowest BCUT2D eigenvalue weighted by molar-refractivity contribution is -0.198. The van der Waals surface area contributed by atoms with Crippen LogP contribution in [-0.2, 0) is 10.3 Å². The predicted octanol–water partition coefficient (Wildman–Crippen LogP) is 1.31. The van der Waals surface area contributed by atoms with Gasteiger partial charge in [0.2, 0.25) is 5.82 Å². The van der Waals surface area contributed by atoms with E-state index in [0.717, 1.165) is 0 Å². The topological polar surface area (TPSA) is 81.5 Å². The maximum atomic E-state index is 9.89. The van der Waals surface area contributed by atoms with Gasteiger partial charge in [-0.1, -0.05) is 5.16 Å². The Bertz CT molecular complexity index is 517. The Kier molecular flexibility index (Phi) is 2.13. The lowest BCUT2D eigenvalue weighted by atomic mass is 10.0. The van der Waals surface area contributed by atoms with Crippen molar-refractivity contribution in [3.05, 3.63) is 22.7 Å². The molecule has 3 heterocycles. The zero-order valence-electron chi connectivity index (χ0n) is 8.01. The smallest absolute Gasteiger partial charge is 0.263 e. The number of furan rings is 1. The molecule has 7 heteroatoms. The Hall–Kier alpha value is -1.18. The van der Waals surface area contributed by atoms with Crippen molar-refractivity contribution in [2.75, 3.05) is 13.2 Å². The van der Waals surface area contributed by atoms with Gasteiger partial charge in [0.25, 0.3) is 5.89 Å². The van der Waals surface area contributed by atoms with E-state index in [2.05, 4.69) is 26.1 Å². The van der Waals surface area contributed by atoms with Gasteiger partial charge in [-0.15, -0.1) is 0 Å². The predicted molar refractivity (Wildman–Crippen MR) is 54.4 cm³/mol. The van der Waals surface area contributed by atoms with E-state index in [-0.39, 0.29) is 19.1 Å². The van der Waals surface area contributed by atoms with Crippen molar-refractivity contribution in [1.82, 2.24) is 10.1 Å². The summed E-state index contributed by atoms with van der Waals surface area (Å²) in [4.78, 5) is 4.07. The third kappa shape index (κ3) is 1.48. The molecule has 0 amide bonds. The van der Waals surface area contributed by atoms with Crippen LogP contribution in [0.25, 0.3) is 11.6 Å². The lowest BCUT2D eigenvalue weighted by Crippen LogP contribution is -2.46. The minimum absolute atomic E-state index is 0.154. The molecule has 6 nitrogen and oxygen atoms in total. The standard InChI is InChI=1S/C9H7BrN2O4/c10-6-2-1-5(15-6)7-11-8(16-12-7)9(13)3-14-4-9/h1-2,13H,3-4H2. The zero-order valence-corrected chi connectivity index (χ0v) is 9.60. The largest absolute Gasteiger partial charge is 0.446 e. The SMILES string of the molecule is OC1(c2nc(-c3ccc(Br)o3)no2)COC1. The Labute approximate surface area is 98.3 Å². The molecule has 1 saturated heterocycles. The van der Waals surface area contributed by atoms with Gasteiger partial charge in [0.15, 0.2) is 16.0 Å². The second-order valence-electron chi connectivity index (χ2n) is 3.55. The number of rotatable bonds is 2. The summed E-state index contributed by atoms with van der Waals surface area (Å²) in [6.45, 7) is 0.354. The van der Waals surface area contributed by atoms with Crippen molar-refractivity contribution in [3.8, 4) is 11.6 Å². The van der Waals surface area contributed by atoms with Crippen LogP contribution in [0.4, 0.5) is 0 Å². The van der Waals surface area contributed by atoms with E-state index in [1.54, 1.807) is 12.1 Å². The van der Waals surface area contributed by atoms with Crippen LogP contribution in [0.1, 0.15) is 5.89 Å². The molecule has 0 aromatic carbocycles. The number of nitrogens with zero attached hydrogens (tertiary/aromatic N) is 2. The molecule has 3 rings (SSSR count). The summed E-state index contributed by atoms with van der Waals surface area (Å²) in [7, 11) is 0. The number of hydrogen-bond acceptors (Lipinski definition) is 6. The molecule has 2 aromatic heterocycles. The van der Waals surface area contributed by atoms with Gasteiger partial charge in [-0.2, -0.15) is 4.98 Å². The molecule has 0 aliphatic carbocycles. The van der Waals surface area contributed by atoms with Gasteiger partial charge in [0, 0.05) is 0 Å². The molecule has 2 aromatic rings. The fraction of sp³-hybridized carbons (Fsp3) is 0.333. The molecule has 1 N–H and O–H groups in total. The van der Waals surface area contributed by atoms with Crippen LogP contribution in [0, 0.1) is 0 Å². The maximum Gasteiger partial charge on any atom is 0.263 e. The van der Waals surface area contributed by atoms with Gasteiger partial charge in [0.05, 0.1) is 13.2 Å². The molecule has 0 radical (unpaired) electrons. The Balaban J connectivity index is 1.93. The van der Waals surface area contributed by atoms with E-state index >= 15 is 0 Å². The summed E-state index contributed by atoms with van der Waals surface area (Å²) in [6.07, 6.45) is 0. The highest BCUT2D eigenvalue weighted by molar-refractivity contribution is 9.10. The first-order valence-corrected chi connectivity index (χ1v) is 5.37. The van der Waals surface area contributed by atoms with Gasteiger partial charge >= 0.3 is 0 Å². The van der Waals surface area contributed by atoms with Crippen LogP contribution >= 0.6 is 15.9 Å². The number of ether oxygens (including phenoxy) is 1. The third-order valence-corrected chi connectivity index (χ3v) is 2.73. The second-order valence-corrected chi connectivity index (χ2v) is 4.33. The maximum absolute atomic E-state index is 9.89. The minimum atomic E-state index is -1.14. The summed E-state index contributed by atoms with van der Waals surface area (Å²) in [5, 5.41) is 13.6. The van der Waals surface area contributed by atoms with Crippen LogP contribution in [0.3, 0.4) is 0 Å². The summed E-state index contributed by atoms with van der Waals surface area (Å²) in [5.74, 6) is 0.938. The highest BCUT2D eigenvalue weighted by Crippen LogP contribution is 2.30. The van der Waals surface area contributed by atoms with Crippen molar-refractivity contribution in [2.24, 2.45) is 0 Å². The van der Waals surface area contributed by atoms with Gasteiger partial charge < -0.3 is 18.8 Å². The average Bonchev–Trinajstić information content (AvgIpc) is 2.82. The summed E-state index contributed by atoms with van der Waals surface area (Å²) in [6, 6.07) is 3.44. The van der Waals surface area contributed by atoms with Gasteiger partial charge in [0.1, 0.15) is 0 Å². The summed E-state index contributed by atoms with van der Waals surface area (Å²) in [5.41, 5.74) is -1.14. The molecular weight excluding hydrogens is 280 g/mol. The third-order valence-electron chi connectivity index (χ3n) is 2.30. The van der Waals surface area contributed by atoms with Crippen LogP contribution < -0.4 is 0 Å².